The summed E-state index contributed by atoms with van der Waals surface area (Å²) >= 11 is 0. The summed E-state index contributed by atoms with van der Waals surface area (Å²) in [5.74, 6) is 1.64. The van der Waals surface area contributed by atoms with Crippen molar-refractivity contribution in [2.45, 2.75) is 46.5 Å². The first-order chi connectivity index (χ1) is 5.70. The van der Waals surface area contributed by atoms with E-state index in [0.29, 0.717) is 0 Å². The van der Waals surface area contributed by atoms with Crippen LogP contribution in [-0.2, 0) is 4.43 Å². The quantitative estimate of drug-likeness (QED) is 0.556. The molecule has 2 unspecified atom stereocenters. The summed E-state index contributed by atoms with van der Waals surface area (Å²) in [7, 11) is 0.890. The number of hydrogen-bond acceptors (Lipinski definition) is 1. The fourth-order valence-corrected chi connectivity index (χ4v) is 2.28. The van der Waals surface area contributed by atoms with Crippen LogP contribution in [-0.4, -0.2) is 17.1 Å². The number of hydrogen-bond donors (Lipinski definition) is 0. The van der Waals surface area contributed by atoms with Crippen molar-refractivity contribution in [3.63, 3.8) is 0 Å². The first-order valence-corrected chi connectivity index (χ1v) is 6.01. The molecule has 0 aromatic carbocycles. The molecule has 0 aliphatic rings. The Morgan fingerprint density at radius 1 is 1.25 bits per heavy atom. The standard InChI is InChI=1S/C10H24OSi/c1-4-5-6-9(2)7-10(3)8-11-12/h9-10H,4-8H2,1-3,12H3. The summed E-state index contributed by atoms with van der Waals surface area (Å²) in [6.07, 6.45) is 5.44. The Balaban J connectivity index is 3.33. The van der Waals surface area contributed by atoms with Gasteiger partial charge in [0.25, 0.3) is 0 Å². The van der Waals surface area contributed by atoms with Gasteiger partial charge in [-0.3, -0.25) is 0 Å². The summed E-state index contributed by atoms with van der Waals surface area (Å²) < 4.78 is 5.25. The number of rotatable bonds is 7. The monoisotopic (exact) mass is 188 g/mol. The molecule has 1 nitrogen and oxygen atoms in total. The molecular weight excluding hydrogens is 164 g/mol. The van der Waals surface area contributed by atoms with E-state index in [2.05, 4.69) is 20.8 Å². The van der Waals surface area contributed by atoms with Crippen LogP contribution in [0.5, 0.6) is 0 Å². The summed E-state index contributed by atoms with van der Waals surface area (Å²) in [5, 5.41) is 0. The maximum Gasteiger partial charge on any atom is 0.145 e. The SMILES string of the molecule is CCCCC(C)CC(C)CO[SiH3]. The molecule has 0 heterocycles. The van der Waals surface area contributed by atoms with Crippen LogP contribution in [0.15, 0.2) is 0 Å². The van der Waals surface area contributed by atoms with Crippen LogP contribution >= 0.6 is 0 Å². The predicted octanol–water partition coefficient (Wildman–Crippen LogP) is 2.14. The maximum atomic E-state index is 5.25. The largest absolute Gasteiger partial charge is 0.428 e. The van der Waals surface area contributed by atoms with E-state index in [1.165, 1.54) is 25.7 Å². The fraction of sp³-hybridized carbons (Fsp3) is 1.00. The highest BCUT2D eigenvalue weighted by Crippen LogP contribution is 2.17. The van der Waals surface area contributed by atoms with Gasteiger partial charge in [0.1, 0.15) is 10.5 Å². The highest BCUT2D eigenvalue weighted by atomic mass is 28.2. The van der Waals surface area contributed by atoms with Gasteiger partial charge in [-0.2, -0.15) is 0 Å². The molecule has 0 radical (unpaired) electrons. The van der Waals surface area contributed by atoms with Crippen molar-refractivity contribution >= 4 is 10.5 Å². The summed E-state index contributed by atoms with van der Waals surface area (Å²) in [4.78, 5) is 0. The van der Waals surface area contributed by atoms with Crippen LogP contribution in [0.3, 0.4) is 0 Å². The zero-order valence-electron chi connectivity index (χ0n) is 9.10. The molecular formula is C10H24OSi. The molecule has 0 aliphatic heterocycles. The highest BCUT2D eigenvalue weighted by Gasteiger charge is 2.07. The summed E-state index contributed by atoms with van der Waals surface area (Å²) in [6, 6.07) is 0. The fourth-order valence-electron chi connectivity index (χ4n) is 1.71. The molecule has 0 saturated carbocycles. The molecule has 0 amide bonds. The molecule has 0 fully saturated rings. The zero-order valence-corrected chi connectivity index (χ0v) is 11.1. The average molecular weight is 188 g/mol. The molecule has 2 heteroatoms. The van der Waals surface area contributed by atoms with Gasteiger partial charge < -0.3 is 4.43 Å². The van der Waals surface area contributed by atoms with E-state index in [0.717, 1.165) is 28.9 Å². The van der Waals surface area contributed by atoms with E-state index in [1.807, 2.05) is 0 Å². The minimum absolute atomic E-state index is 0.759. The minimum atomic E-state index is 0.759. The van der Waals surface area contributed by atoms with E-state index < -0.39 is 0 Å². The van der Waals surface area contributed by atoms with Crippen molar-refractivity contribution in [3.8, 4) is 0 Å². The lowest BCUT2D eigenvalue weighted by Gasteiger charge is -2.16. The van der Waals surface area contributed by atoms with Crippen molar-refractivity contribution < 1.29 is 4.43 Å². The molecule has 0 rings (SSSR count). The average Bonchev–Trinajstić information content (AvgIpc) is 2.01. The van der Waals surface area contributed by atoms with Crippen LogP contribution in [0.4, 0.5) is 0 Å². The topological polar surface area (TPSA) is 9.23 Å². The van der Waals surface area contributed by atoms with Gasteiger partial charge in [-0.1, -0.05) is 40.0 Å². The highest BCUT2D eigenvalue weighted by molar-refractivity contribution is 5.97. The van der Waals surface area contributed by atoms with Gasteiger partial charge in [0.05, 0.1) is 0 Å². The first-order valence-electron chi connectivity index (χ1n) is 5.19. The second-order valence-electron chi connectivity index (χ2n) is 4.04. The van der Waals surface area contributed by atoms with Crippen LogP contribution < -0.4 is 0 Å². The Hall–Kier alpha value is 0.177. The third kappa shape index (κ3) is 6.86. The van der Waals surface area contributed by atoms with Gasteiger partial charge in [0, 0.05) is 6.61 Å². The van der Waals surface area contributed by atoms with Crippen molar-refractivity contribution in [2.24, 2.45) is 11.8 Å². The Bertz CT molecular complexity index is 95.8. The van der Waals surface area contributed by atoms with Gasteiger partial charge in [0.2, 0.25) is 0 Å². The third-order valence-electron chi connectivity index (χ3n) is 2.31. The molecule has 0 spiro atoms. The molecule has 0 saturated heterocycles. The Kier molecular flexibility index (Phi) is 7.92. The normalized spacial score (nSPS) is 16.2. The van der Waals surface area contributed by atoms with E-state index in [4.69, 9.17) is 4.43 Å². The van der Waals surface area contributed by atoms with Crippen LogP contribution in [0.1, 0.15) is 46.5 Å². The van der Waals surface area contributed by atoms with E-state index in [-0.39, 0.29) is 0 Å². The summed E-state index contributed by atoms with van der Waals surface area (Å²) in [5.41, 5.74) is 0. The molecule has 2 atom stereocenters. The molecule has 0 aromatic rings. The van der Waals surface area contributed by atoms with Gasteiger partial charge in [-0.15, -0.1) is 0 Å². The van der Waals surface area contributed by atoms with E-state index >= 15 is 0 Å². The van der Waals surface area contributed by atoms with Crippen molar-refractivity contribution in [1.29, 1.82) is 0 Å². The van der Waals surface area contributed by atoms with Crippen LogP contribution in [0, 0.1) is 11.8 Å². The molecule has 0 N–H and O–H groups in total. The van der Waals surface area contributed by atoms with Gasteiger partial charge in [-0.25, -0.2) is 0 Å². The zero-order chi connectivity index (χ0) is 9.40. The van der Waals surface area contributed by atoms with Crippen molar-refractivity contribution in [3.05, 3.63) is 0 Å². The van der Waals surface area contributed by atoms with E-state index in [1.54, 1.807) is 0 Å². The second-order valence-corrected chi connectivity index (χ2v) is 4.62. The molecule has 12 heavy (non-hydrogen) atoms. The van der Waals surface area contributed by atoms with E-state index in [9.17, 15) is 0 Å². The Labute approximate surface area is 80.4 Å². The lowest BCUT2D eigenvalue weighted by Crippen LogP contribution is -2.09. The molecule has 0 aromatic heterocycles. The number of unbranched alkanes of at least 4 members (excludes halogenated alkanes) is 1. The van der Waals surface area contributed by atoms with Gasteiger partial charge in [-0.05, 0) is 18.3 Å². The van der Waals surface area contributed by atoms with Crippen LogP contribution in [0.2, 0.25) is 0 Å². The summed E-state index contributed by atoms with van der Waals surface area (Å²) in [6.45, 7) is 7.89. The lowest BCUT2D eigenvalue weighted by molar-refractivity contribution is 0.248. The molecule has 0 aliphatic carbocycles. The second kappa shape index (κ2) is 7.81. The van der Waals surface area contributed by atoms with Crippen molar-refractivity contribution in [2.75, 3.05) is 6.61 Å². The lowest BCUT2D eigenvalue weighted by atomic mass is 9.94. The molecule has 0 bridgehead atoms. The minimum Gasteiger partial charge on any atom is -0.428 e. The predicted molar refractivity (Wildman–Crippen MR) is 58.4 cm³/mol. The van der Waals surface area contributed by atoms with Gasteiger partial charge in [0.15, 0.2) is 0 Å². The Morgan fingerprint density at radius 3 is 2.42 bits per heavy atom. The van der Waals surface area contributed by atoms with Gasteiger partial charge >= 0.3 is 0 Å². The van der Waals surface area contributed by atoms with Crippen molar-refractivity contribution in [1.82, 2.24) is 0 Å². The smallest absolute Gasteiger partial charge is 0.145 e. The van der Waals surface area contributed by atoms with Crippen LogP contribution in [0.25, 0.3) is 0 Å². The maximum absolute atomic E-state index is 5.25. The third-order valence-corrected chi connectivity index (χ3v) is 2.64. The molecule has 74 valence electrons. The Morgan fingerprint density at radius 2 is 1.92 bits per heavy atom. The first kappa shape index (κ1) is 12.2.